The molecule has 0 aromatic carbocycles. The Kier molecular flexibility index (Phi) is 5.86. The highest BCUT2D eigenvalue weighted by Gasteiger charge is 2.23. The molecule has 0 unspecified atom stereocenters. The van der Waals surface area contributed by atoms with Gasteiger partial charge in [0.15, 0.2) is 16.7 Å². The monoisotopic (exact) mass is 379 g/mol. The van der Waals surface area contributed by atoms with Crippen molar-refractivity contribution < 1.29 is 14.2 Å². The molecule has 2 aromatic rings. The van der Waals surface area contributed by atoms with Crippen LogP contribution in [0.5, 0.6) is 0 Å². The summed E-state index contributed by atoms with van der Waals surface area (Å²) >= 11 is 1.31. The lowest BCUT2D eigenvalue weighted by Gasteiger charge is -2.11. The van der Waals surface area contributed by atoms with Crippen molar-refractivity contribution in [2.24, 2.45) is 0 Å². The van der Waals surface area contributed by atoms with Crippen LogP contribution in [0.2, 0.25) is 0 Å². The van der Waals surface area contributed by atoms with Crippen molar-refractivity contribution in [2.75, 3.05) is 11.1 Å². The van der Waals surface area contributed by atoms with Crippen LogP contribution in [0.3, 0.4) is 0 Å². The Labute approximate surface area is 154 Å². The highest BCUT2D eigenvalue weighted by molar-refractivity contribution is 7.99. The van der Waals surface area contributed by atoms with Crippen LogP contribution in [-0.4, -0.2) is 48.7 Å². The standard InChI is InChI=1S/C15H21N7O3S/c1-3-22-14(12-13(16-9(2)23)21-25-20-12)18-19-15(22)26-8-11(24)17-10-6-4-5-7-10/h10H,3-8H2,1-2H3,(H,17,24)(H,16,21,23). The molecule has 140 valence electrons. The van der Waals surface area contributed by atoms with E-state index >= 15 is 0 Å². The van der Waals surface area contributed by atoms with Crippen LogP contribution in [0.25, 0.3) is 11.5 Å². The van der Waals surface area contributed by atoms with E-state index in [1.807, 2.05) is 6.92 Å². The summed E-state index contributed by atoms with van der Waals surface area (Å²) in [6, 6.07) is 0.295. The number of hydrogen-bond acceptors (Lipinski definition) is 8. The van der Waals surface area contributed by atoms with Crippen molar-refractivity contribution >= 4 is 29.4 Å². The van der Waals surface area contributed by atoms with Crippen LogP contribution in [-0.2, 0) is 16.1 Å². The van der Waals surface area contributed by atoms with Crippen molar-refractivity contribution in [3.8, 4) is 11.5 Å². The molecule has 26 heavy (non-hydrogen) atoms. The second-order valence-corrected chi connectivity index (χ2v) is 6.97. The first-order valence-electron chi connectivity index (χ1n) is 8.54. The molecule has 0 atom stereocenters. The summed E-state index contributed by atoms with van der Waals surface area (Å²) in [4.78, 5) is 23.4. The Morgan fingerprint density at radius 3 is 2.73 bits per heavy atom. The number of amides is 2. The topological polar surface area (TPSA) is 128 Å². The number of nitrogens with one attached hydrogen (secondary N) is 2. The van der Waals surface area contributed by atoms with Crippen molar-refractivity contribution in [2.45, 2.75) is 57.3 Å². The van der Waals surface area contributed by atoms with Crippen molar-refractivity contribution in [1.82, 2.24) is 30.4 Å². The van der Waals surface area contributed by atoms with E-state index in [1.165, 1.54) is 31.5 Å². The number of hydrogen-bond donors (Lipinski definition) is 2. The first-order chi connectivity index (χ1) is 12.6. The number of aromatic nitrogens is 5. The third-order valence-corrected chi connectivity index (χ3v) is 5.05. The number of carbonyl (C=O) groups excluding carboxylic acids is 2. The fourth-order valence-electron chi connectivity index (χ4n) is 2.91. The second-order valence-electron chi connectivity index (χ2n) is 6.03. The Balaban J connectivity index is 1.69. The lowest BCUT2D eigenvalue weighted by Crippen LogP contribution is -2.33. The van der Waals surface area contributed by atoms with Gasteiger partial charge in [0.1, 0.15) is 0 Å². The van der Waals surface area contributed by atoms with Gasteiger partial charge in [-0.25, -0.2) is 4.63 Å². The van der Waals surface area contributed by atoms with E-state index in [0.29, 0.717) is 29.3 Å². The lowest BCUT2D eigenvalue weighted by atomic mass is 10.2. The maximum atomic E-state index is 12.1. The van der Waals surface area contributed by atoms with Crippen LogP contribution in [0.15, 0.2) is 9.79 Å². The molecule has 1 aliphatic rings. The van der Waals surface area contributed by atoms with Crippen molar-refractivity contribution in [1.29, 1.82) is 0 Å². The summed E-state index contributed by atoms with van der Waals surface area (Å²) in [5.41, 5.74) is 0.303. The van der Waals surface area contributed by atoms with Gasteiger partial charge in [-0.2, -0.15) is 0 Å². The molecule has 0 radical (unpaired) electrons. The van der Waals surface area contributed by atoms with Gasteiger partial charge < -0.3 is 15.2 Å². The van der Waals surface area contributed by atoms with Crippen LogP contribution < -0.4 is 10.6 Å². The second kappa shape index (κ2) is 8.30. The Bertz CT molecular complexity index is 782. The van der Waals surface area contributed by atoms with Gasteiger partial charge in [0.05, 0.1) is 5.75 Å². The SMILES string of the molecule is CCn1c(SCC(=O)NC2CCCC2)nnc1-c1nonc1NC(C)=O. The smallest absolute Gasteiger partial charge is 0.230 e. The molecule has 2 heterocycles. The number of thioether (sulfide) groups is 1. The summed E-state index contributed by atoms with van der Waals surface area (Å²) in [6.45, 7) is 3.87. The molecular formula is C15H21N7O3S. The molecule has 2 aromatic heterocycles. The Morgan fingerprint density at radius 1 is 1.27 bits per heavy atom. The zero-order valence-electron chi connectivity index (χ0n) is 14.7. The zero-order chi connectivity index (χ0) is 18.5. The normalized spacial score (nSPS) is 14.5. The maximum Gasteiger partial charge on any atom is 0.230 e. The zero-order valence-corrected chi connectivity index (χ0v) is 15.5. The van der Waals surface area contributed by atoms with E-state index < -0.39 is 0 Å². The lowest BCUT2D eigenvalue weighted by molar-refractivity contribution is -0.119. The summed E-state index contributed by atoms with van der Waals surface area (Å²) < 4.78 is 6.52. The molecule has 3 rings (SSSR count). The molecule has 2 amide bonds. The van der Waals surface area contributed by atoms with E-state index in [4.69, 9.17) is 4.63 Å². The van der Waals surface area contributed by atoms with Gasteiger partial charge in [-0.3, -0.25) is 9.59 Å². The molecule has 0 spiro atoms. The average molecular weight is 379 g/mol. The molecule has 11 heteroatoms. The minimum atomic E-state index is -0.289. The molecule has 0 aliphatic heterocycles. The predicted octanol–water partition coefficient (Wildman–Crippen LogP) is 1.46. The highest BCUT2D eigenvalue weighted by Crippen LogP contribution is 2.27. The van der Waals surface area contributed by atoms with Gasteiger partial charge in [-0.15, -0.1) is 10.2 Å². The summed E-state index contributed by atoms with van der Waals surface area (Å²) in [5, 5.41) is 21.9. The fraction of sp³-hybridized carbons (Fsp3) is 0.600. The molecule has 10 nitrogen and oxygen atoms in total. The van der Waals surface area contributed by atoms with Gasteiger partial charge in [-0.05, 0) is 30.1 Å². The van der Waals surface area contributed by atoms with Gasteiger partial charge in [0, 0.05) is 19.5 Å². The first kappa shape index (κ1) is 18.4. The third kappa shape index (κ3) is 4.21. The minimum absolute atomic E-state index is 0.00357. The third-order valence-electron chi connectivity index (χ3n) is 4.08. The Morgan fingerprint density at radius 2 is 2.04 bits per heavy atom. The van der Waals surface area contributed by atoms with E-state index in [1.54, 1.807) is 4.57 Å². The van der Waals surface area contributed by atoms with Crippen molar-refractivity contribution in [3.05, 3.63) is 0 Å². The molecule has 1 aliphatic carbocycles. The first-order valence-corrected chi connectivity index (χ1v) is 9.53. The van der Waals surface area contributed by atoms with Gasteiger partial charge in [0.2, 0.25) is 17.6 Å². The molecule has 0 saturated heterocycles. The number of nitrogens with zero attached hydrogens (tertiary/aromatic N) is 5. The fourth-order valence-corrected chi connectivity index (χ4v) is 3.72. The van der Waals surface area contributed by atoms with E-state index in [0.717, 1.165) is 12.8 Å². The molecule has 1 fully saturated rings. The van der Waals surface area contributed by atoms with Crippen LogP contribution in [0.1, 0.15) is 39.5 Å². The maximum absolute atomic E-state index is 12.1. The molecule has 2 N–H and O–H groups in total. The van der Waals surface area contributed by atoms with Gasteiger partial charge >= 0.3 is 0 Å². The minimum Gasteiger partial charge on any atom is -0.353 e. The quantitative estimate of drug-likeness (QED) is 0.692. The largest absolute Gasteiger partial charge is 0.353 e. The molecule has 1 saturated carbocycles. The van der Waals surface area contributed by atoms with E-state index in [9.17, 15) is 9.59 Å². The number of carbonyl (C=O) groups is 2. The van der Waals surface area contributed by atoms with Gasteiger partial charge in [0.25, 0.3) is 0 Å². The Hall–Kier alpha value is -2.43. The summed E-state index contributed by atoms with van der Waals surface area (Å²) in [6.07, 6.45) is 4.45. The van der Waals surface area contributed by atoms with E-state index in [2.05, 4.69) is 31.1 Å². The summed E-state index contributed by atoms with van der Waals surface area (Å²) in [7, 11) is 0. The van der Waals surface area contributed by atoms with Crippen molar-refractivity contribution in [3.63, 3.8) is 0 Å². The van der Waals surface area contributed by atoms with Crippen LogP contribution >= 0.6 is 11.8 Å². The van der Waals surface area contributed by atoms with E-state index in [-0.39, 0.29) is 23.4 Å². The van der Waals surface area contributed by atoms with Crippen LogP contribution in [0.4, 0.5) is 5.82 Å². The van der Waals surface area contributed by atoms with Gasteiger partial charge in [-0.1, -0.05) is 24.6 Å². The average Bonchev–Trinajstić information content (AvgIpc) is 3.32. The van der Waals surface area contributed by atoms with Crippen LogP contribution in [0, 0.1) is 0 Å². The number of anilines is 1. The molecule has 0 bridgehead atoms. The predicted molar refractivity (Wildman–Crippen MR) is 94.4 cm³/mol. The highest BCUT2D eigenvalue weighted by atomic mass is 32.2. The number of rotatable bonds is 7. The molecular weight excluding hydrogens is 358 g/mol. The summed E-state index contributed by atoms with van der Waals surface area (Å²) in [5.74, 6) is 0.592.